The van der Waals surface area contributed by atoms with E-state index in [1.54, 1.807) is 0 Å². The van der Waals surface area contributed by atoms with Crippen molar-refractivity contribution in [1.82, 2.24) is 37.0 Å². The average molecular weight is 876 g/mol. The van der Waals surface area contributed by atoms with Crippen LogP contribution in [0.4, 0.5) is 0 Å². The van der Waals surface area contributed by atoms with Crippen molar-refractivity contribution in [1.29, 1.82) is 0 Å². The first-order valence-electron chi connectivity index (χ1n) is 21.0. The molecule has 0 radical (unpaired) electrons. The number of benzene rings is 8. The summed E-state index contributed by atoms with van der Waals surface area (Å²) in [7, 11) is 0. The summed E-state index contributed by atoms with van der Waals surface area (Å²) in [4.78, 5) is 10.5. The molecule has 14 rings (SSSR count). The third-order valence-electron chi connectivity index (χ3n) is 12.1. The smallest absolute Gasteiger partial charge is 0.222 e. The molecule has 6 heterocycles. The molecule has 298 valence electrons. The molecule has 0 bridgehead atoms. The van der Waals surface area contributed by atoms with Crippen molar-refractivity contribution in [2.75, 3.05) is 0 Å². The van der Waals surface area contributed by atoms with Gasteiger partial charge in [0.05, 0.1) is 33.1 Å². The van der Waals surface area contributed by atoms with Gasteiger partial charge in [-0.05, 0) is 91.0 Å². The minimum atomic E-state index is 0.907. The SMILES string of the molecule is Brc1ccc2c(c1)n(-c1ccccc1)c1nc3c(c4ccccc4n3-c3ccccc3)n21.c1ccc(-n2c3ccccc3c3c2nc2n(-c4ccccc4)c4ccccc4n32)cc1. The van der Waals surface area contributed by atoms with Crippen molar-refractivity contribution in [2.24, 2.45) is 0 Å². The van der Waals surface area contributed by atoms with Gasteiger partial charge >= 0.3 is 0 Å². The molecule has 63 heavy (non-hydrogen) atoms. The number of hydrogen-bond acceptors (Lipinski definition) is 2. The highest BCUT2D eigenvalue weighted by molar-refractivity contribution is 9.10. The Balaban J connectivity index is 0.000000128. The Hall–Kier alpha value is -8.14. The molecule has 8 nitrogen and oxygen atoms in total. The van der Waals surface area contributed by atoms with E-state index < -0.39 is 0 Å². The molecular formula is C54H35BrN8. The second-order valence-corrected chi connectivity index (χ2v) is 16.6. The number of fused-ring (bicyclic) bond motifs is 14. The molecule has 8 aromatic carbocycles. The molecule has 0 saturated carbocycles. The quantitative estimate of drug-likeness (QED) is 0.177. The van der Waals surface area contributed by atoms with Crippen LogP contribution in [-0.4, -0.2) is 37.0 Å². The van der Waals surface area contributed by atoms with Crippen molar-refractivity contribution in [3.05, 3.63) is 217 Å². The molecule has 14 aromatic rings. The van der Waals surface area contributed by atoms with Gasteiger partial charge in [-0.15, -0.1) is 0 Å². The second-order valence-electron chi connectivity index (χ2n) is 15.7. The molecule has 0 spiro atoms. The standard InChI is InChI=1S/C27H17BrN4.C27H18N4/c28-18-15-16-23-24(17-18)31(20-11-5-2-6-12-20)27-29-26-25(32(23)27)21-13-7-8-14-22(21)30(26)19-9-3-1-4-10-19;1-3-11-19(12-4-1)29-22-16-8-7-15-21(22)25-26(29)28-27-30(20-13-5-2-6-14-20)23-17-9-10-18-24(23)31(25)27/h1-17H;1-18H. The van der Waals surface area contributed by atoms with Gasteiger partial charge in [0.2, 0.25) is 11.6 Å². The summed E-state index contributed by atoms with van der Waals surface area (Å²) in [5.74, 6) is 1.83. The van der Waals surface area contributed by atoms with Gasteiger partial charge in [0.1, 0.15) is 11.0 Å². The van der Waals surface area contributed by atoms with Gasteiger partial charge in [-0.2, -0.15) is 9.97 Å². The fraction of sp³-hybridized carbons (Fsp3) is 0. The fourth-order valence-electron chi connectivity index (χ4n) is 9.57. The maximum absolute atomic E-state index is 5.25. The van der Waals surface area contributed by atoms with E-state index in [0.717, 1.165) is 94.2 Å². The summed E-state index contributed by atoms with van der Waals surface area (Å²) in [6, 6.07) is 73.9. The predicted octanol–water partition coefficient (Wildman–Crippen LogP) is 13.5. The molecule has 0 atom stereocenters. The summed E-state index contributed by atoms with van der Waals surface area (Å²) < 4.78 is 14.7. The molecule has 0 aliphatic rings. The van der Waals surface area contributed by atoms with Crippen molar-refractivity contribution in [3.8, 4) is 22.7 Å². The number of aromatic nitrogens is 8. The van der Waals surface area contributed by atoms with E-state index in [2.05, 4.69) is 231 Å². The summed E-state index contributed by atoms with van der Waals surface area (Å²) >= 11 is 3.66. The molecule has 0 aliphatic heterocycles. The summed E-state index contributed by atoms with van der Waals surface area (Å²) in [5.41, 5.74) is 15.5. The molecule has 0 amide bonds. The zero-order valence-corrected chi connectivity index (χ0v) is 35.2. The first-order chi connectivity index (χ1) is 31.2. The van der Waals surface area contributed by atoms with Gasteiger partial charge in [-0.1, -0.05) is 137 Å². The minimum Gasteiger partial charge on any atom is -0.292 e. The van der Waals surface area contributed by atoms with E-state index in [1.807, 2.05) is 24.3 Å². The van der Waals surface area contributed by atoms with Crippen LogP contribution in [0.3, 0.4) is 0 Å². The normalized spacial score (nSPS) is 11.9. The van der Waals surface area contributed by atoms with Crippen LogP contribution in [0.5, 0.6) is 0 Å². The summed E-state index contributed by atoms with van der Waals surface area (Å²) in [5, 5.41) is 2.39. The van der Waals surface area contributed by atoms with Crippen molar-refractivity contribution >= 4 is 93.7 Å². The Morgan fingerprint density at radius 2 is 0.651 bits per heavy atom. The van der Waals surface area contributed by atoms with Gasteiger partial charge in [-0.25, -0.2) is 0 Å². The Morgan fingerprint density at radius 1 is 0.302 bits per heavy atom. The van der Waals surface area contributed by atoms with E-state index in [1.165, 1.54) is 10.8 Å². The first kappa shape index (κ1) is 35.6. The zero-order chi connectivity index (χ0) is 41.6. The number of para-hydroxylation sites is 8. The largest absolute Gasteiger partial charge is 0.292 e. The lowest BCUT2D eigenvalue weighted by Gasteiger charge is -2.06. The lowest BCUT2D eigenvalue weighted by molar-refractivity contribution is 1.09. The van der Waals surface area contributed by atoms with Crippen LogP contribution in [0.2, 0.25) is 0 Å². The number of nitrogens with zero attached hydrogens (tertiary/aromatic N) is 8. The third-order valence-corrected chi connectivity index (χ3v) is 12.6. The molecule has 0 fully saturated rings. The zero-order valence-electron chi connectivity index (χ0n) is 33.7. The molecule has 9 heteroatoms. The molecule has 0 unspecified atom stereocenters. The lowest BCUT2D eigenvalue weighted by atomic mass is 10.2. The van der Waals surface area contributed by atoms with Gasteiger partial charge < -0.3 is 0 Å². The summed E-state index contributed by atoms with van der Waals surface area (Å²) in [6.45, 7) is 0. The van der Waals surface area contributed by atoms with Crippen LogP contribution in [-0.2, 0) is 0 Å². The third kappa shape index (κ3) is 5.27. The summed E-state index contributed by atoms with van der Waals surface area (Å²) in [6.07, 6.45) is 0. The van der Waals surface area contributed by atoms with Gasteiger partial charge in [0.15, 0.2) is 11.3 Å². The maximum atomic E-state index is 5.25. The van der Waals surface area contributed by atoms with E-state index in [0.29, 0.717) is 0 Å². The van der Waals surface area contributed by atoms with Crippen molar-refractivity contribution in [2.45, 2.75) is 0 Å². The fourth-order valence-corrected chi connectivity index (χ4v) is 9.92. The highest BCUT2D eigenvalue weighted by atomic mass is 79.9. The van der Waals surface area contributed by atoms with Crippen LogP contribution in [0.25, 0.3) is 101 Å². The van der Waals surface area contributed by atoms with Gasteiger partial charge in [0, 0.05) is 38.0 Å². The maximum Gasteiger partial charge on any atom is 0.222 e. The molecule has 0 aliphatic carbocycles. The second kappa shape index (κ2) is 14.0. The molecule has 6 aromatic heterocycles. The van der Waals surface area contributed by atoms with E-state index in [9.17, 15) is 0 Å². The van der Waals surface area contributed by atoms with E-state index in [-0.39, 0.29) is 0 Å². The van der Waals surface area contributed by atoms with Gasteiger partial charge in [0.25, 0.3) is 0 Å². The predicted molar refractivity (Wildman–Crippen MR) is 260 cm³/mol. The van der Waals surface area contributed by atoms with Crippen LogP contribution >= 0.6 is 15.9 Å². The van der Waals surface area contributed by atoms with E-state index in [4.69, 9.17) is 9.97 Å². The minimum absolute atomic E-state index is 0.907. The first-order valence-corrected chi connectivity index (χ1v) is 21.8. The highest BCUT2D eigenvalue weighted by Gasteiger charge is 2.25. The van der Waals surface area contributed by atoms with Crippen molar-refractivity contribution < 1.29 is 0 Å². The van der Waals surface area contributed by atoms with Crippen LogP contribution in [0.1, 0.15) is 0 Å². The Kier molecular flexibility index (Phi) is 7.88. The van der Waals surface area contributed by atoms with Crippen LogP contribution < -0.4 is 0 Å². The molecular weight excluding hydrogens is 841 g/mol. The number of rotatable bonds is 4. The molecule has 0 saturated heterocycles. The Bertz CT molecular complexity index is 3890. The van der Waals surface area contributed by atoms with E-state index >= 15 is 0 Å². The number of hydrogen-bond donors (Lipinski definition) is 0. The lowest BCUT2D eigenvalue weighted by Crippen LogP contribution is -1.97. The number of imidazole rings is 4. The van der Waals surface area contributed by atoms with Crippen LogP contribution in [0, 0.1) is 0 Å². The Morgan fingerprint density at radius 3 is 1.11 bits per heavy atom. The monoisotopic (exact) mass is 874 g/mol. The molecule has 0 N–H and O–H groups in total. The number of halogens is 1. The highest BCUT2D eigenvalue weighted by Crippen LogP contribution is 2.39. The Labute approximate surface area is 368 Å². The van der Waals surface area contributed by atoms with Crippen molar-refractivity contribution in [3.63, 3.8) is 0 Å². The topological polar surface area (TPSA) is 54.3 Å². The van der Waals surface area contributed by atoms with Crippen LogP contribution in [0.15, 0.2) is 217 Å². The van der Waals surface area contributed by atoms with Gasteiger partial charge in [-0.3, -0.25) is 27.1 Å². The average Bonchev–Trinajstić information content (AvgIpc) is 4.17.